The number of likely N-dealkylation sites (tertiary alicyclic amines) is 1. The third-order valence-electron chi connectivity index (χ3n) is 8.43. The lowest BCUT2D eigenvalue weighted by molar-refractivity contribution is -0.136. The Morgan fingerprint density at radius 2 is 1.55 bits per heavy atom. The number of benzene rings is 3. The molecule has 2 saturated heterocycles. The lowest BCUT2D eigenvalue weighted by atomic mass is 9.89. The van der Waals surface area contributed by atoms with Gasteiger partial charge in [-0.15, -0.1) is 0 Å². The lowest BCUT2D eigenvalue weighted by Crippen LogP contribution is -2.54. The quantitative estimate of drug-likeness (QED) is 0.410. The number of imide groups is 2. The monoisotopic (exact) mass is 567 g/mol. The van der Waals surface area contributed by atoms with E-state index in [0.29, 0.717) is 11.7 Å². The molecule has 0 bridgehead atoms. The van der Waals surface area contributed by atoms with Crippen molar-refractivity contribution >= 4 is 23.6 Å². The molecule has 3 aromatic carbocycles. The minimum Gasteiger partial charge on any atom is -0.497 e. The van der Waals surface area contributed by atoms with E-state index < -0.39 is 29.7 Å². The van der Waals surface area contributed by atoms with E-state index in [1.165, 1.54) is 11.1 Å². The van der Waals surface area contributed by atoms with E-state index in [4.69, 9.17) is 9.47 Å². The van der Waals surface area contributed by atoms with Crippen LogP contribution in [0.2, 0.25) is 0 Å². The number of piperidine rings is 2. The highest BCUT2D eigenvalue weighted by atomic mass is 16.5. The number of nitrogens with one attached hydrogen (secondary N) is 1. The Kier molecular flexibility index (Phi) is 7.75. The first-order valence-corrected chi connectivity index (χ1v) is 14.3. The lowest BCUT2D eigenvalue weighted by Gasteiger charge is -2.32. The number of hydrogen-bond acceptors (Lipinski definition) is 7. The Morgan fingerprint density at radius 3 is 2.24 bits per heavy atom. The molecule has 9 heteroatoms. The number of amides is 4. The molecular formula is C33H33N3O6. The van der Waals surface area contributed by atoms with Gasteiger partial charge in [0.1, 0.15) is 24.1 Å². The molecule has 42 heavy (non-hydrogen) atoms. The number of ether oxygens (including phenoxy) is 2. The van der Waals surface area contributed by atoms with Crippen LogP contribution in [0.25, 0.3) is 0 Å². The van der Waals surface area contributed by atoms with Gasteiger partial charge in [-0.1, -0.05) is 42.5 Å². The molecule has 3 aliphatic rings. The van der Waals surface area contributed by atoms with Crippen LogP contribution in [0.3, 0.4) is 0 Å². The van der Waals surface area contributed by atoms with Crippen molar-refractivity contribution in [2.45, 2.75) is 50.8 Å². The normalized spacial score (nSPS) is 19.5. The van der Waals surface area contributed by atoms with E-state index >= 15 is 0 Å². The van der Waals surface area contributed by atoms with Crippen LogP contribution >= 0.6 is 0 Å². The van der Waals surface area contributed by atoms with Crippen LogP contribution in [0.15, 0.2) is 66.7 Å². The van der Waals surface area contributed by atoms with E-state index in [-0.39, 0.29) is 30.6 Å². The summed E-state index contributed by atoms with van der Waals surface area (Å²) >= 11 is 0. The predicted molar refractivity (Wildman–Crippen MR) is 154 cm³/mol. The number of methoxy groups -OCH3 is 1. The van der Waals surface area contributed by atoms with Gasteiger partial charge in [0, 0.05) is 13.0 Å². The van der Waals surface area contributed by atoms with E-state index in [9.17, 15) is 19.2 Å². The minimum atomic E-state index is -1.01. The van der Waals surface area contributed by atoms with Gasteiger partial charge < -0.3 is 9.47 Å². The molecule has 9 nitrogen and oxygen atoms in total. The van der Waals surface area contributed by atoms with Crippen LogP contribution in [-0.4, -0.2) is 59.7 Å². The number of carbonyl (C=O) groups excluding carboxylic acids is 4. The van der Waals surface area contributed by atoms with Gasteiger partial charge in [-0.25, -0.2) is 0 Å². The van der Waals surface area contributed by atoms with Crippen LogP contribution in [0.1, 0.15) is 69.0 Å². The first-order valence-electron chi connectivity index (χ1n) is 14.3. The van der Waals surface area contributed by atoms with E-state index in [0.717, 1.165) is 48.7 Å². The van der Waals surface area contributed by atoms with E-state index in [1.54, 1.807) is 25.3 Å². The molecule has 1 N–H and O–H groups in total. The minimum absolute atomic E-state index is 0.0745. The second-order valence-electron chi connectivity index (χ2n) is 11.1. The zero-order chi connectivity index (χ0) is 29.2. The Bertz CT molecular complexity index is 1510. The fraction of sp³-hybridized carbons (Fsp3) is 0.333. The van der Waals surface area contributed by atoms with E-state index in [1.807, 2.05) is 24.3 Å². The topological polar surface area (TPSA) is 105 Å². The Hall–Kier alpha value is -4.50. The maximum Gasteiger partial charge on any atom is 0.266 e. The summed E-state index contributed by atoms with van der Waals surface area (Å²) in [5.74, 6) is -0.410. The average molecular weight is 568 g/mol. The molecule has 6 rings (SSSR count). The molecule has 0 aromatic heterocycles. The fourth-order valence-electron chi connectivity index (χ4n) is 6.06. The number of hydrogen-bond donors (Lipinski definition) is 1. The highest BCUT2D eigenvalue weighted by molar-refractivity contribution is 6.24. The van der Waals surface area contributed by atoms with Crippen molar-refractivity contribution in [3.8, 4) is 11.5 Å². The second-order valence-corrected chi connectivity index (χ2v) is 11.1. The molecule has 1 unspecified atom stereocenters. The molecule has 1 atom stereocenters. The molecule has 0 radical (unpaired) electrons. The van der Waals surface area contributed by atoms with Crippen molar-refractivity contribution in [2.75, 3.05) is 20.2 Å². The zero-order valence-corrected chi connectivity index (χ0v) is 23.5. The molecule has 0 aliphatic carbocycles. The van der Waals surface area contributed by atoms with Crippen LogP contribution in [0.5, 0.6) is 11.5 Å². The Balaban J connectivity index is 1.04. The summed E-state index contributed by atoms with van der Waals surface area (Å²) in [4.78, 5) is 53.7. The maximum absolute atomic E-state index is 13.3. The van der Waals surface area contributed by atoms with Crippen molar-refractivity contribution in [1.29, 1.82) is 0 Å². The van der Waals surface area contributed by atoms with Gasteiger partial charge in [0.15, 0.2) is 0 Å². The third kappa shape index (κ3) is 5.52. The summed E-state index contributed by atoms with van der Waals surface area (Å²) in [6, 6.07) is 20.5. The number of fused-ring (bicyclic) bond motifs is 1. The SMILES string of the molecule is COc1ccc(C2CCN(Cc3ccc(COc4cccc5c4C(=O)N(C4CCC(=O)NC4=O)C5=O)cc3)CC2)cc1. The van der Waals surface area contributed by atoms with E-state index in [2.05, 4.69) is 34.5 Å². The largest absolute Gasteiger partial charge is 0.497 e. The van der Waals surface area contributed by atoms with Crippen LogP contribution in [-0.2, 0) is 22.7 Å². The van der Waals surface area contributed by atoms with Crippen molar-refractivity contribution < 1.29 is 28.7 Å². The molecule has 0 spiro atoms. The van der Waals surface area contributed by atoms with Crippen LogP contribution in [0, 0.1) is 0 Å². The summed E-state index contributed by atoms with van der Waals surface area (Å²) in [7, 11) is 1.69. The predicted octanol–water partition coefficient (Wildman–Crippen LogP) is 4.06. The van der Waals surface area contributed by atoms with Crippen molar-refractivity contribution in [2.24, 2.45) is 0 Å². The van der Waals surface area contributed by atoms with Gasteiger partial charge in [0.05, 0.1) is 18.2 Å². The molecule has 3 aliphatic heterocycles. The molecule has 4 amide bonds. The van der Waals surface area contributed by atoms with Crippen molar-refractivity contribution in [3.63, 3.8) is 0 Å². The van der Waals surface area contributed by atoms with Gasteiger partial charge in [0.2, 0.25) is 11.8 Å². The molecule has 2 fully saturated rings. The number of rotatable bonds is 8. The summed E-state index contributed by atoms with van der Waals surface area (Å²) in [6.45, 7) is 3.20. The standard InChI is InChI=1S/C33H33N3O6/c1-41-25-11-9-23(10-12-25)24-15-17-35(18-16-24)19-21-5-7-22(8-6-21)20-42-28-4-2-3-26-30(28)33(40)36(32(26)39)27-13-14-29(37)34-31(27)38/h2-12,24,27H,13-20H2,1H3,(H,34,37,38). The van der Waals surface area contributed by atoms with Crippen molar-refractivity contribution in [3.05, 3.63) is 94.5 Å². The molecule has 0 saturated carbocycles. The van der Waals surface area contributed by atoms with Gasteiger partial charge in [-0.2, -0.15) is 0 Å². The zero-order valence-electron chi connectivity index (χ0n) is 23.5. The molecular weight excluding hydrogens is 534 g/mol. The summed E-state index contributed by atoms with van der Waals surface area (Å²) in [5, 5.41) is 2.22. The summed E-state index contributed by atoms with van der Waals surface area (Å²) in [5.41, 5.74) is 3.89. The molecule has 3 aromatic rings. The van der Waals surface area contributed by atoms with Crippen LogP contribution < -0.4 is 14.8 Å². The average Bonchev–Trinajstić information content (AvgIpc) is 3.27. The van der Waals surface area contributed by atoms with Gasteiger partial charge in [0.25, 0.3) is 11.8 Å². The highest BCUT2D eigenvalue weighted by Gasteiger charge is 2.46. The number of nitrogens with zero attached hydrogens (tertiary/aromatic N) is 2. The van der Waals surface area contributed by atoms with Crippen LogP contribution in [0.4, 0.5) is 0 Å². The Morgan fingerprint density at radius 1 is 0.833 bits per heavy atom. The smallest absolute Gasteiger partial charge is 0.266 e. The first kappa shape index (κ1) is 27.7. The Labute approximate surface area is 244 Å². The van der Waals surface area contributed by atoms with Gasteiger partial charge >= 0.3 is 0 Å². The highest BCUT2D eigenvalue weighted by Crippen LogP contribution is 2.34. The van der Waals surface area contributed by atoms with Gasteiger partial charge in [-0.3, -0.25) is 34.3 Å². The van der Waals surface area contributed by atoms with Gasteiger partial charge in [-0.05, 0) is 79.2 Å². The molecule has 3 heterocycles. The third-order valence-corrected chi connectivity index (χ3v) is 8.43. The summed E-state index contributed by atoms with van der Waals surface area (Å²) in [6.07, 6.45) is 2.44. The first-order chi connectivity index (χ1) is 20.4. The molecule has 216 valence electrons. The number of carbonyl (C=O) groups is 4. The second kappa shape index (κ2) is 11.8. The van der Waals surface area contributed by atoms with Crippen molar-refractivity contribution in [1.82, 2.24) is 15.1 Å². The maximum atomic E-state index is 13.3. The fourth-order valence-corrected chi connectivity index (χ4v) is 6.06. The summed E-state index contributed by atoms with van der Waals surface area (Å²) < 4.78 is 11.3.